The summed E-state index contributed by atoms with van der Waals surface area (Å²) in [6.45, 7) is 0. The Labute approximate surface area is 155 Å². The lowest BCUT2D eigenvalue weighted by atomic mass is 9.81. The lowest BCUT2D eigenvalue weighted by Gasteiger charge is -2.31. The van der Waals surface area contributed by atoms with Gasteiger partial charge >= 0.3 is 5.97 Å². The molecule has 0 aromatic heterocycles. The highest BCUT2D eigenvalue weighted by molar-refractivity contribution is 7.89. The summed E-state index contributed by atoms with van der Waals surface area (Å²) in [5.41, 5.74) is 0. The summed E-state index contributed by atoms with van der Waals surface area (Å²) in [7, 11) is -3.47. The highest BCUT2D eigenvalue weighted by Crippen LogP contribution is 2.50. The van der Waals surface area contributed by atoms with E-state index in [0.29, 0.717) is 22.6 Å². The van der Waals surface area contributed by atoms with Gasteiger partial charge in [0.1, 0.15) is 0 Å². The molecule has 4 atom stereocenters. The van der Waals surface area contributed by atoms with E-state index in [1.165, 1.54) is 12.5 Å². The molecule has 0 spiro atoms. The lowest BCUT2D eigenvalue weighted by Crippen LogP contribution is -2.43. The molecule has 2 aliphatic carbocycles. The minimum atomic E-state index is -3.47. The second kappa shape index (κ2) is 8.35. The Balaban J connectivity index is 1.58. The third kappa shape index (κ3) is 4.54. The Kier molecular flexibility index (Phi) is 6.14. The Morgan fingerprint density at radius 3 is 2.62 bits per heavy atom. The predicted molar refractivity (Wildman–Crippen MR) is 100 cm³/mol. The maximum atomic E-state index is 12.7. The van der Waals surface area contributed by atoms with Crippen LogP contribution in [-0.4, -0.2) is 25.5 Å². The summed E-state index contributed by atoms with van der Waals surface area (Å²) in [6.07, 6.45) is 10.0. The molecule has 2 saturated carbocycles. The molecule has 26 heavy (non-hydrogen) atoms. The fraction of sp³-hybridized carbons (Fsp3) is 0.550. The molecule has 142 valence electrons. The Morgan fingerprint density at radius 2 is 1.88 bits per heavy atom. The van der Waals surface area contributed by atoms with Crippen LogP contribution in [0.15, 0.2) is 47.4 Å². The van der Waals surface area contributed by atoms with Crippen molar-refractivity contribution in [1.82, 2.24) is 4.72 Å². The van der Waals surface area contributed by atoms with Crippen molar-refractivity contribution in [3.05, 3.63) is 42.5 Å². The average molecular weight is 378 g/mol. The van der Waals surface area contributed by atoms with Crippen LogP contribution < -0.4 is 4.72 Å². The van der Waals surface area contributed by atoms with Gasteiger partial charge in [0.05, 0.1) is 4.90 Å². The first kappa shape index (κ1) is 19.1. The van der Waals surface area contributed by atoms with Gasteiger partial charge in [-0.25, -0.2) is 17.9 Å². The first-order chi connectivity index (χ1) is 12.5. The third-order valence-corrected chi connectivity index (χ3v) is 7.33. The summed E-state index contributed by atoms with van der Waals surface area (Å²) >= 11 is 0. The SMILES string of the molecule is O=C(O)/C=C\CCCC[C@@H]1[C@H]2CC[C@H](C2)[C@H]1NS(=O)(=O)c1ccccc1. The zero-order valence-electron chi connectivity index (χ0n) is 14.9. The average Bonchev–Trinajstić information content (AvgIpc) is 3.20. The van der Waals surface area contributed by atoms with Crippen molar-refractivity contribution in [1.29, 1.82) is 0 Å². The van der Waals surface area contributed by atoms with Crippen molar-refractivity contribution >= 4 is 16.0 Å². The fourth-order valence-corrected chi connectivity index (χ4v) is 6.06. The number of unbranched alkanes of at least 4 members (excludes halogenated alkanes) is 2. The predicted octanol–water partition coefficient (Wildman–Crippen LogP) is 3.58. The van der Waals surface area contributed by atoms with E-state index in [-0.39, 0.29) is 6.04 Å². The van der Waals surface area contributed by atoms with Gasteiger partial charge in [0, 0.05) is 12.1 Å². The van der Waals surface area contributed by atoms with Gasteiger partial charge in [-0.2, -0.15) is 0 Å². The first-order valence-electron chi connectivity index (χ1n) is 9.44. The van der Waals surface area contributed by atoms with Gasteiger partial charge in [0.25, 0.3) is 0 Å². The second-order valence-corrected chi connectivity index (χ2v) is 9.20. The largest absolute Gasteiger partial charge is 0.478 e. The Hall–Kier alpha value is -1.66. The van der Waals surface area contributed by atoms with Crippen LogP contribution in [0.2, 0.25) is 0 Å². The molecule has 0 heterocycles. The molecule has 2 bridgehead atoms. The van der Waals surface area contributed by atoms with E-state index >= 15 is 0 Å². The summed E-state index contributed by atoms with van der Waals surface area (Å²) < 4.78 is 28.4. The number of aliphatic carboxylic acids is 1. The van der Waals surface area contributed by atoms with Crippen molar-refractivity contribution in [2.75, 3.05) is 0 Å². The van der Waals surface area contributed by atoms with Crippen LogP contribution in [0.4, 0.5) is 0 Å². The van der Waals surface area contributed by atoms with Crippen LogP contribution in [0.5, 0.6) is 0 Å². The van der Waals surface area contributed by atoms with Crippen LogP contribution in [0, 0.1) is 17.8 Å². The number of carbonyl (C=O) groups is 1. The zero-order valence-corrected chi connectivity index (χ0v) is 15.7. The molecule has 1 aromatic rings. The van der Waals surface area contributed by atoms with E-state index in [2.05, 4.69) is 4.72 Å². The number of rotatable bonds is 9. The molecule has 1 aromatic carbocycles. The summed E-state index contributed by atoms with van der Waals surface area (Å²) in [5, 5.41) is 8.60. The number of hydrogen-bond acceptors (Lipinski definition) is 3. The van der Waals surface area contributed by atoms with E-state index in [9.17, 15) is 13.2 Å². The molecule has 3 rings (SSSR count). The molecule has 2 N–H and O–H groups in total. The van der Waals surface area contributed by atoms with Gasteiger partial charge in [0.15, 0.2) is 0 Å². The fourth-order valence-electron chi connectivity index (χ4n) is 4.68. The highest BCUT2D eigenvalue weighted by atomic mass is 32.2. The Bertz CT molecular complexity index is 744. The van der Waals surface area contributed by atoms with Crippen molar-refractivity contribution in [2.24, 2.45) is 17.8 Å². The first-order valence-corrected chi connectivity index (χ1v) is 10.9. The smallest absolute Gasteiger partial charge is 0.327 e. The van der Waals surface area contributed by atoms with E-state index < -0.39 is 16.0 Å². The molecular weight excluding hydrogens is 350 g/mol. The van der Waals surface area contributed by atoms with Gasteiger partial charge in [-0.15, -0.1) is 0 Å². The number of sulfonamides is 1. The quantitative estimate of drug-likeness (QED) is 0.509. The minimum Gasteiger partial charge on any atom is -0.478 e. The number of benzene rings is 1. The van der Waals surface area contributed by atoms with Crippen LogP contribution in [0.3, 0.4) is 0 Å². The van der Waals surface area contributed by atoms with Crippen LogP contribution in [-0.2, 0) is 14.8 Å². The lowest BCUT2D eigenvalue weighted by molar-refractivity contribution is -0.131. The van der Waals surface area contributed by atoms with Crippen molar-refractivity contribution in [3.8, 4) is 0 Å². The van der Waals surface area contributed by atoms with E-state index in [0.717, 1.165) is 38.5 Å². The molecule has 0 radical (unpaired) electrons. The van der Waals surface area contributed by atoms with Gasteiger partial charge in [-0.1, -0.05) is 30.7 Å². The van der Waals surface area contributed by atoms with Crippen molar-refractivity contribution in [3.63, 3.8) is 0 Å². The van der Waals surface area contributed by atoms with Gasteiger partial charge < -0.3 is 5.11 Å². The second-order valence-electron chi connectivity index (χ2n) is 7.48. The Morgan fingerprint density at radius 1 is 1.15 bits per heavy atom. The molecule has 2 fully saturated rings. The van der Waals surface area contributed by atoms with Gasteiger partial charge in [-0.05, 0) is 68.4 Å². The summed E-state index contributed by atoms with van der Waals surface area (Å²) in [5.74, 6) is 0.567. The molecule has 0 saturated heterocycles. The molecule has 0 amide bonds. The van der Waals surface area contributed by atoms with Crippen LogP contribution in [0.25, 0.3) is 0 Å². The monoisotopic (exact) mass is 377 g/mol. The minimum absolute atomic E-state index is 0.0357. The molecule has 0 unspecified atom stereocenters. The van der Waals surface area contributed by atoms with Crippen LogP contribution >= 0.6 is 0 Å². The summed E-state index contributed by atoms with van der Waals surface area (Å²) in [4.78, 5) is 10.8. The maximum absolute atomic E-state index is 12.7. The number of carboxylic acid groups (broad SMARTS) is 1. The number of allylic oxidation sites excluding steroid dienone is 1. The molecule has 5 nitrogen and oxygen atoms in total. The van der Waals surface area contributed by atoms with E-state index in [1.54, 1.807) is 30.3 Å². The van der Waals surface area contributed by atoms with E-state index in [1.807, 2.05) is 6.07 Å². The standard InChI is InChI=1S/C20H27NO4S/c22-19(23)11-7-2-1-6-10-18-15-12-13-16(14-15)20(18)21-26(24,25)17-8-4-3-5-9-17/h3-5,7-9,11,15-16,18,20-21H,1-2,6,10,12-14H2,(H,22,23)/b11-7-/t15-,16+,18+,20+/m0/s1. The number of carboxylic acids is 1. The normalized spacial score (nSPS) is 28.0. The van der Waals surface area contributed by atoms with Gasteiger partial charge in [0.2, 0.25) is 10.0 Å². The molecule has 0 aliphatic heterocycles. The maximum Gasteiger partial charge on any atom is 0.327 e. The summed E-state index contributed by atoms with van der Waals surface area (Å²) in [6, 6.07) is 8.62. The van der Waals surface area contributed by atoms with Crippen molar-refractivity contribution in [2.45, 2.75) is 55.9 Å². The van der Waals surface area contributed by atoms with Gasteiger partial charge in [-0.3, -0.25) is 0 Å². The third-order valence-electron chi connectivity index (χ3n) is 5.85. The molecule has 2 aliphatic rings. The number of hydrogen-bond donors (Lipinski definition) is 2. The topological polar surface area (TPSA) is 83.5 Å². The van der Waals surface area contributed by atoms with Crippen LogP contribution in [0.1, 0.15) is 44.9 Å². The number of nitrogens with one attached hydrogen (secondary N) is 1. The zero-order chi connectivity index (χ0) is 18.6. The molecular formula is C20H27NO4S. The molecule has 6 heteroatoms. The highest BCUT2D eigenvalue weighted by Gasteiger charge is 2.48. The van der Waals surface area contributed by atoms with Crippen molar-refractivity contribution < 1.29 is 18.3 Å². The van der Waals surface area contributed by atoms with E-state index in [4.69, 9.17) is 5.11 Å². The number of fused-ring (bicyclic) bond motifs is 2.